The molecule has 1 saturated carbocycles. The average Bonchev–Trinajstić information content (AvgIpc) is 3.19. The van der Waals surface area contributed by atoms with E-state index in [1.165, 1.54) is 18.2 Å². The number of halogens is 3. The van der Waals surface area contributed by atoms with Crippen molar-refractivity contribution < 1.29 is 18.0 Å². The lowest BCUT2D eigenvalue weighted by Gasteiger charge is -2.17. The topological polar surface area (TPSA) is 55.1 Å². The highest BCUT2D eigenvalue weighted by atomic mass is 19.4. The van der Waals surface area contributed by atoms with Crippen LogP contribution in [0.4, 0.5) is 13.2 Å². The molecule has 6 heteroatoms. The van der Waals surface area contributed by atoms with E-state index in [0.29, 0.717) is 12.5 Å². The van der Waals surface area contributed by atoms with Crippen LogP contribution in [0.1, 0.15) is 24.0 Å². The highest BCUT2D eigenvalue weighted by Crippen LogP contribution is 2.33. The molecule has 0 aromatic heterocycles. The van der Waals surface area contributed by atoms with E-state index in [9.17, 15) is 18.0 Å². The maximum atomic E-state index is 12.8. The van der Waals surface area contributed by atoms with Crippen LogP contribution in [0.25, 0.3) is 0 Å². The zero-order valence-electron chi connectivity index (χ0n) is 10.9. The molecule has 3 N–H and O–H groups in total. The second-order valence-electron chi connectivity index (χ2n) is 5.08. The van der Waals surface area contributed by atoms with Gasteiger partial charge in [-0.3, -0.25) is 4.79 Å². The Morgan fingerprint density at radius 1 is 1.35 bits per heavy atom. The van der Waals surface area contributed by atoms with E-state index in [-0.39, 0.29) is 18.0 Å². The number of amides is 1. The summed E-state index contributed by atoms with van der Waals surface area (Å²) in [6.07, 6.45) is -2.69. The first-order valence-electron chi connectivity index (χ1n) is 6.56. The van der Waals surface area contributed by atoms with Crippen molar-refractivity contribution in [2.75, 3.05) is 6.54 Å². The third kappa shape index (κ3) is 3.72. The maximum absolute atomic E-state index is 12.8. The average molecular weight is 286 g/mol. The maximum Gasteiger partial charge on any atom is 0.416 e. The summed E-state index contributed by atoms with van der Waals surface area (Å²) in [7, 11) is 0. The Hall–Kier alpha value is -1.56. The van der Waals surface area contributed by atoms with Crippen LogP contribution in [-0.2, 0) is 17.4 Å². The Labute approximate surface area is 115 Å². The van der Waals surface area contributed by atoms with E-state index in [2.05, 4.69) is 5.32 Å². The zero-order chi connectivity index (χ0) is 14.8. The Morgan fingerprint density at radius 2 is 2.00 bits per heavy atom. The number of hydrogen-bond donors (Lipinski definition) is 2. The summed E-state index contributed by atoms with van der Waals surface area (Å²) in [4.78, 5) is 11.9. The van der Waals surface area contributed by atoms with Crippen LogP contribution < -0.4 is 11.1 Å². The van der Waals surface area contributed by atoms with E-state index < -0.39 is 17.6 Å². The minimum atomic E-state index is -4.44. The van der Waals surface area contributed by atoms with Gasteiger partial charge in [-0.2, -0.15) is 13.2 Å². The molecule has 0 bridgehead atoms. The highest BCUT2D eigenvalue weighted by Gasteiger charge is 2.34. The Morgan fingerprint density at radius 3 is 2.55 bits per heavy atom. The fraction of sp³-hybridized carbons (Fsp3) is 0.500. The molecule has 1 unspecified atom stereocenters. The Kier molecular flexibility index (Phi) is 4.32. The number of rotatable bonds is 5. The molecule has 0 radical (unpaired) electrons. The van der Waals surface area contributed by atoms with Crippen LogP contribution in [0.5, 0.6) is 0 Å². The third-order valence-electron chi connectivity index (χ3n) is 3.47. The molecule has 0 saturated heterocycles. The smallest absolute Gasteiger partial charge is 0.352 e. The predicted octanol–water partition coefficient (Wildman–Crippen LogP) is 2.10. The van der Waals surface area contributed by atoms with Gasteiger partial charge in [0.25, 0.3) is 0 Å². The van der Waals surface area contributed by atoms with Crippen molar-refractivity contribution in [1.82, 2.24) is 5.32 Å². The van der Waals surface area contributed by atoms with Crippen LogP contribution >= 0.6 is 0 Å². The summed E-state index contributed by atoms with van der Waals surface area (Å²) in [6.45, 7) is 0.317. The molecule has 1 atom stereocenters. The molecule has 1 fully saturated rings. The van der Waals surface area contributed by atoms with Crippen molar-refractivity contribution in [3.8, 4) is 0 Å². The Bertz CT molecular complexity index is 484. The van der Waals surface area contributed by atoms with E-state index >= 15 is 0 Å². The van der Waals surface area contributed by atoms with Crippen LogP contribution in [0.3, 0.4) is 0 Å². The molecule has 1 amide bonds. The summed E-state index contributed by atoms with van der Waals surface area (Å²) < 4.78 is 38.4. The normalized spacial score (nSPS) is 16.8. The second-order valence-corrected chi connectivity index (χ2v) is 5.08. The molecular weight excluding hydrogens is 269 g/mol. The zero-order valence-corrected chi connectivity index (χ0v) is 10.9. The number of carbonyl (C=O) groups excluding carboxylic acids is 1. The van der Waals surface area contributed by atoms with Crippen molar-refractivity contribution in [2.45, 2.75) is 31.5 Å². The SMILES string of the molecule is NCC(NC(=O)Cc1ccccc1C(F)(F)F)C1CC1. The monoisotopic (exact) mass is 286 g/mol. The molecule has 1 aliphatic rings. The number of carbonyl (C=O) groups is 1. The summed E-state index contributed by atoms with van der Waals surface area (Å²) in [5, 5.41) is 2.72. The molecule has 110 valence electrons. The molecule has 1 aromatic carbocycles. The quantitative estimate of drug-likeness (QED) is 0.871. The molecule has 0 heterocycles. The van der Waals surface area contributed by atoms with Crippen LogP contribution in [0.15, 0.2) is 24.3 Å². The van der Waals surface area contributed by atoms with Gasteiger partial charge >= 0.3 is 6.18 Å². The largest absolute Gasteiger partial charge is 0.416 e. The Balaban J connectivity index is 2.04. The van der Waals surface area contributed by atoms with Gasteiger partial charge in [0.05, 0.1) is 12.0 Å². The van der Waals surface area contributed by atoms with Gasteiger partial charge in [0.2, 0.25) is 5.91 Å². The van der Waals surface area contributed by atoms with Crippen molar-refractivity contribution >= 4 is 5.91 Å². The van der Waals surface area contributed by atoms with Gasteiger partial charge in [-0.15, -0.1) is 0 Å². The molecular formula is C14H17F3N2O. The molecule has 1 aromatic rings. The first-order valence-corrected chi connectivity index (χ1v) is 6.56. The van der Waals surface area contributed by atoms with E-state index in [1.807, 2.05) is 0 Å². The minimum Gasteiger partial charge on any atom is -0.352 e. The van der Waals surface area contributed by atoms with E-state index in [4.69, 9.17) is 5.73 Å². The predicted molar refractivity (Wildman–Crippen MR) is 68.9 cm³/mol. The van der Waals surface area contributed by atoms with Crippen LogP contribution in [-0.4, -0.2) is 18.5 Å². The minimum absolute atomic E-state index is 0.0101. The number of nitrogens with two attached hydrogens (primary N) is 1. The fourth-order valence-electron chi connectivity index (χ4n) is 2.25. The number of nitrogens with one attached hydrogen (secondary N) is 1. The molecule has 0 aliphatic heterocycles. The first-order chi connectivity index (χ1) is 9.41. The van der Waals surface area contributed by atoms with Crippen molar-refractivity contribution in [2.24, 2.45) is 11.7 Å². The molecule has 2 rings (SSSR count). The lowest BCUT2D eigenvalue weighted by molar-refractivity contribution is -0.138. The standard InChI is InChI=1S/C14H17F3N2O/c15-14(16,17)11-4-2-1-3-10(11)7-13(20)19-12(8-18)9-5-6-9/h1-4,9,12H,5-8,18H2,(H,19,20). The number of hydrogen-bond acceptors (Lipinski definition) is 2. The van der Waals surface area contributed by atoms with Crippen LogP contribution in [0.2, 0.25) is 0 Å². The lowest BCUT2D eigenvalue weighted by atomic mass is 10.0. The van der Waals surface area contributed by atoms with Crippen molar-refractivity contribution in [3.05, 3.63) is 35.4 Å². The summed E-state index contributed by atoms with van der Waals surface area (Å²) >= 11 is 0. The van der Waals surface area contributed by atoms with E-state index in [1.54, 1.807) is 0 Å². The second kappa shape index (κ2) is 5.83. The fourth-order valence-corrected chi connectivity index (χ4v) is 2.25. The summed E-state index contributed by atoms with van der Waals surface area (Å²) in [6, 6.07) is 5.01. The van der Waals surface area contributed by atoms with Gasteiger partial charge in [-0.1, -0.05) is 18.2 Å². The third-order valence-corrected chi connectivity index (χ3v) is 3.47. The number of alkyl halides is 3. The van der Waals surface area contributed by atoms with Gasteiger partial charge in [-0.05, 0) is 30.4 Å². The molecule has 3 nitrogen and oxygen atoms in total. The summed E-state index contributed by atoms with van der Waals surface area (Å²) in [5.74, 6) is -0.0362. The number of benzene rings is 1. The first kappa shape index (κ1) is 14.8. The van der Waals surface area contributed by atoms with Gasteiger partial charge < -0.3 is 11.1 Å². The molecule has 1 aliphatic carbocycles. The van der Waals surface area contributed by atoms with Gasteiger partial charge in [0, 0.05) is 12.6 Å². The van der Waals surface area contributed by atoms with Gasteiger partial charge in [0.15, 0.2) is 0 Å². The van der Waals surface area contributed by atoms with Crippen molar-refractivity contribution in [3.63, 3.8) is 0 Å². The molecule has 0 spiro atoms. The summed E-state index contributed by atoms with van der Waals surface area (Å²) in [5.41, 5.74) is 4.79. The van der Waals surface area contributed by atoms with E-state index in [0.717, 1.165) is 18.9 Å². The highest BCUT2D eigenvalue weighted by molar-refractivity contribution is 5.79. The van der Waals surface area contributed by atoms with Crippen LogP contribution in [0, 0.1) is 5.92 Å². The molecule has 20 heavy (non-hydrogen) atoms. The van der Waals surface area contributed by atoms with Gasteiger partial charge in [-0.25, -0.2) is 0 Å². The lowest BCUT2D eigenvalue weighted by Crippen LogP contribution is -2.42. The van der Waals surface area contributed by atoms with Crippen molar-refractivity contribution in [1.29, 1.82) is 0 Å². The van der Waals surface area contributed by atoms with Gasteiger partial charge in [0.1, 0.15) is 0 Å².